The Hall–Kier alpha value is -3.07. The molecule has 0 N–H and O–H groups in total. The number of aromatic nitrogens is 1. The van der Waals surface area contributed by atoms with E-state index in [-0.39, 0.29) is 22.9 Å². The number of piperazine rings is 1. The number of carbonyl (C=O) groups excluding carboxylic acids is 1. The number of benzene rings is 3. The average Bonchev–Trinajstić information content (AvgIpc) is 3.00. The summed E-state index contributed by atoms with van der Waals surface area (Å²) >= 11 is 18.8. The van der Waals surface area contributed by atoms with Crippen molar-refractivity contribution >= 4 is 63.3 Å². The van der Waals surface area contributed by atoms with E-state index in [0.29, 0.717) is 47.1 Å². The van der Waals surface area contributed by atoms with E-state index in [1.807, 2.05) is 79.4 Å². The van der Waals surface area contributed by atoms with E-state index in [0.717, 1.165) is 46.9 Å². The summed E-state index contributed by atoms with van der Waals surface area (Å²) in [6.45, 7) is 8.02. The van der Waals surface area contributed by atoms with E-state index in [9.17, 15) is 4.79 Å². The van der Waals surface area contributed by atoms with Gasteiger partial charge >= 0.3 is 0 Å². The Balaban J connectivity index is 0.00000442. The number of halogens is 4. The standard InChI is InChI=1S/C34H32Cl3N3O3.BrH/c1-23(18-33(41)40-15-13-39(14-16-40)21-25-7-9-28(35)10-8-25)27-17-24(2)34(31(37)19-27)43-32-12-11-29(20-38-32)42-22-26-5-3-4-6-30(26)36;/h3-12,17-20H,13-16,21-22H2,1-2H3;1H/b23-18+;. The summed E-state index contributed by atoms with van der Waals surface area (Å²) in [7, 11) is 0. The summed E-state index contributed by atoms with van der Waals surface area (Å²) in [5.41, 5.74) is 4.64. The third-order valence-electron chi connectivity index (χ3n) is 7.30. The van der Waals surface area contributed by atoms with Crippen molar-refractivity contribution in [3.8, 4) is 17.4 Å². The molecule has 0 spiro atoms. The SMILES string of the molecule is Br.C/C(=C\C(=O)N1CCN(Cc2ccc(Cl)cc2)CC1)c1cc(C)c(Oc2ccc(OCc3ccccc3Cl)cn2)c(Cl)c1. The van der Waals surface area contributed by atoms with Gasteiger partial charge in [0, 0.05) is 60.5 Å². The van der Waals surface area contributed by atoms with Gasteiger partial charge in [0.25, 0.3) is 0 Å². The maximum Gasteiger partial charge on any atom is 0.246 e. The summed E-state index contributed by atoms with van der Waals surface area (Å²) in [6.07, 6.45) is 3.28. The zero-order valence-electron chi connectivity index (χ0n) is 24.4. The summed E-state index contributed by atoms with van der Waals surface area (Å²) in [4.78, 5) is 21.7. The number of aryl methyl sites for hydroxylation is 1. The van der Waals surface area contributed by atoms with Crippen molar-refractivity contribution in [1.29, 1.82) is 0 Å². The molecule has 5 rings (SSSR count). The second kappa shape index (κ2) is 15.8. The van der Waals surface area contributed by atoms with Crippen LogP contribution in [0.25, 0.3) is 5.57 Å². The lowest BCUT2D eigenvalue weighted by Gasteiger charge is -2.34. The highest BCUT2D eigenvalue weighted by Crippen LogP contribution is 2.35. The van der Waals surface area contributed by atoms with Gasteiger partial charge in [-0.05, 0) is 72.5 Å². The summed E-state index contributed by atoms with van der Waals surface area (Å²) in [5.74, 6) is 1.50. The Morgan fingerprint density at radius 2 is 1.66 bits per heavy atom. The van der Waals surface area contributed by atoms with Gasteiger partial charge in [-0.2, -0.15) is 0 Å². The molecule has 1 aliphatic rings. The zero-order valence-corrected chi connectivity index (χ0v) is 28.4. The lowest BCUT2D eigenvalue weighted by molar-refractivity contribution is -0.127. The number of pyridine rings is 1. The Labute approximate surface area is 283 Å². The molecule has 0 atom stereocenters. The average molecular weight is 718 g/mol. The molecule has 0 aliphatic carbocycles. The minimum absolute atomic E-state index is 0. The van der Waals surface area contributed by atoms with Gasteiger partial charge in [0.15, 0.2) is 5.75 Å². The van der Waals surface area contributed by atoms with Crippen LogP contribution in [0.1, 0.15) is 29.2 Å². The largest absolute Gasteiger partial charge is 0.487 e. The molecule has 0 unspecified atom stereocenters. The molecule has 1 aliphatic heterocycles. The molecular formula is C34H33BrCl3N3O3. The number of carbonyl (C=O) groups is 1. The van der Waals surface area contributed by atoms with Crippen LogP contribution < -0.4 is 9.47 Å². The third-order valence-corrected chi connectivity index (χ3v) is 8.20. The van der Waals surface area contributed by atoms with Crippen LogP contribution in [0, 0.1) is 6.92 Å². The van der Waals surface area contributed by atoms with Crippen LogP contribution in [0.15, 0.2) is 85.1 Å². The number of amides is 1. The van der Waals surface area contributed by atoms with E-state index < -0.39 is 0 Å². The van der Waals surface area contributed by atoms with Crippen molar-refractivity contribution in [2.45, 2.75) is 27.0 Å². The lowest BCUT2D eigenvalue weighted by Crippen LogP contribution is -2.47. The fourth-order valence-electron chi connectivity index (χ4n) is 4.82. The van der Waals surface area contributed by atoms with Gasteiger partial charge in [0.1, 0.15) is 12.4 Å². The molecule has 0 bridgehead atoms. The highest BCUT2D eigenvalue weighted by molar-refractivity contribution is 8.93. The fourth-order valence-corrected chi connectivity index (χ4v) is 5.44. The summed E-state index contributed by atoms with van der Waals surface area (Å²) in [5, 5.41) is 1.83. The molecule has 2 heterocycles. The van der Waals surface area contributed by atoms with Crippen LogP contribution in [-0.2, 0) is 17.9 Å². The van der Waals surface area contributed by atoms with Crippen LogP contribution >= 0.6 is 51.8 Å². The van der Waals surface area contributed by atoms with Gasteiger partial charge in [-0.25, -0.2) is 4.98 Å². The molecule has 44 heavy (non-hydrogen) atoms. The summed E-state index contributed by atoms with van der Waals surface area (Å²) in [6, 6.07) is 22.7. The molecular weight excluding hydrogens is 685 g/mol. The maximum absolute atomic E-state index is 13.1. The molecule has 1 saturated heterocycles. The normalized spacial score (nSPS) is 13.8. The minimum atomic E-state index is -0.00112. The molecule has 230 valence electrons. The van der Waals surface area contributed by atoms with E-state index in [1.54, 1.807) is 24.4 Å². The van der Waals surface area contributed by atoms with E-state index >= 15 is 0 Å². The first-order chi connectivity index (χ1) is 20.7. The third kappa shape index (κ3) is 8.99. The monoisotopic (exact) mass is 715 g/mol. The second-order valence-electron chi connectivity index (χ2n) is 10.5. The van der Waals surface area contributed by atoms with Crippen molar-refractivity contribution in [2.24, 2.45) is 0 Å². The molecule has 1 amide bonds. The first-order valence-electron chi connectivity index (χ1n) is 14.0. The van der Waals surface area contributed by atoms with E-state index in [2.05, 4.69) is 9.88 Å². The van der Waals surface area contributed by atoms with Crippen LogP contribution in [0.5, 0.6) is 17.4 Å². The number of hydrogen-bond donors (Lipinski definition) is 0. The quantitative estimate of drug-likeness (QED) is 0.162. The van der Waals surface area contributed by atoms with Crippen LogP contribution in [0.4, 0.5) is 0 Å². The highest BCUT2D eigenvalue weighted by atomic mass is 79.9. The predicted octanol–water partition coefficient (Wildman–Crippen LogP) is 9.05. The van der Waals surface area contributed by atoms with Gasteiger partial charge in [0.2, 0.25) is 11.8 Å². The predicted molar refractivity (Wildman–Crippen MR) is 184 cm³/mol. The van der Waals surface area contributed by atoms with Crippen LogP contribution in [0.2, 0.25) is 15.1 Å². The Kier molecular flexibility index (Phi) is 12.1. The maximum atomic E-state index is 13.1. The van der Waals surface area contributed by atoms with Crippen LogP contribution in [-0.4, -0.2) is 46.9 Å². The molecule has 4 aromatic rings. The topological polar surface area (TPSA) is 54.9 Å². The molecule has 0 radical (unpaired) electrons. The van der Waals surface area contributed by atoms with Crippen molar-refractivity contribution in [3.05, 3.63) is 122 Å². The highest BCUT2D eigenvalue weighted by Gasteiger charge is 2.20. The number of rotatable bonds is 9. The van der Waals surface area contributed by atoms with Crippen molar-refractivity contribution < 1.29 is 14.3 Å². The summed E-state index contributed by atoms with van der Waals surface area (Å²) < 4.78 is 11.8. The second-order valence-corrected chi connectivity index (χ2v) is 11.7. The first-order valence-corrected chi connectivity index (χ1v) is 15.1. The van der Waals surface area contributed by atoms with Gasteiger partial charge in [-0.15, -0.1) is 17.0 Å². The van der Waals surface area contributed by atoms with Crippen molar-refractivity contribution in [2.75, 3.05) is 26.2 Å². The van der Waals surface area contributed by atoms with E-state index in [1.165, 1.54) is 5.56 Å². The van der Waals surface area contributed by atoms with Gasteiger partial charge in [0.05, 0.1) is 11.2 Å². The van der Waals surface area contributed by atoms with Crippen molar-refractivity contribution in [1.82, 2.24) is 14.8 Å². The molecule has 3 aromatic carbocycles. The number of hydrogen-bond acceptors (Lipinski definition) is 5. The molecule has 0 saturated carbocycles. The van der Waals surface area contributed by atoms with Crippen molar-refractivity contribution in [3.63, 3.8) is 0 Å². The number of allylic oxidation sites excluding steroid dienone is 1. The number of ether oxygens (including phenoxy) is 2. The minimum Gasteiger partial charge on any atom is -0.487 e. The lowest BCUT2D eigenvalue weighted by atomic mass is 10.0. The molecule has 1 aromatic heterocycles. The Morgan fingerprint density at radius 3 is 2.32 bits per heavy atom. The molecule has 1 fully saturated rings. The van der Waals surface area contributed by atoms with Gasteiger partial charge in [-0.3, -0.25) is 9.69 Å². The van der Waals surface area contributed by atoms with Gasteiger partial charge in [-0.1, -0.05) is 65.1 Å². The Morgan fingerprint density at radius 1 is 0.932 bits per heavy atom. The smallest absolute Gasteiger partial charge is 0.246 e. The van der Waals surface area contributed by atoms with Gasteiger partial charge < -0.3 is 14.4 Å². The fraction of sp³-hybridized carbons (Fsp3) is 0.235. The number of nitrogens with zero attached hydrogens (tertiary/aromatic N) is 3. The Bertz CT molecular complexity index is 1580. The molecule has 10 heteroatoms. The molecule has 6 nitrogen and oxygen atoms in total. The van der Waals surface area contributed by atoms with E-state index in [4.69, 9.17) is 44.3 Å². The zero-order chi connectivity index (χ0) is 30.3. The van der Waals surface area contributed by atoms with Crippen LogP contribution in [0.3, 0.4) is 0 Å². The first kappa shape index (κ1) is 33.8.